The molecule has 21 heavy (non-hydrogen) atoms. The molecule has 1 atom stereocenters. The SMILES string of the molecule is CC(C)(C)C1CCN(C(=O)N2CCSCC2C(=O)O)CC1. The molecule has 2 aliphatic heterocycles. The van der Waals surface area contributed by atoms with E-state index in [-0.39, 0.29) is 11.4 Å². The molecular weight excluding hydrogens is 288 g/mol. The van der Waals surface area contributed by atoms with Gasteiger partial charge in [0, 0.05) is 31.1 Å². The minimum absolute atomic E-state index is 0.0879. The van der Waals surface area contributed by atoms with Gasteiger partial charge in [0.05, 0.1) is 0 Å². The Morgan fingerprint density at radius 2 is 1.76 bits per heavy atom. The lowest BCUT2D eigenvalue weighted by Gasteiger charge is -2.42. The molecule has 0 aliphatic carbocycles. The smallest absolute Gasteiger partial charge is 0.327 e. The standard InChI is InChI=1S/C15H26N2O3S/c1-15(2,3)11-4-6-16(7-5-11)14(20)17-8-9-21-10-12(17)13(18)19/h11-12H,4-10H2,1-3H3,(H,18,19). The van der Waals surface area contributed by atoms with E-state index in [0.717, 1.165) is 31.7 Å². The largest absolute Gasteiger partial charge is 0.480 e. The summed E-state index contributed by atoms with van der Waals surface area (Å²) >= 11 is 1.61. The summed E-state index contributed by atoms with van der Waals surface area (Å²) in [5.41, 5.74) is 0.278. The number of rotatable bonds is 1. The number of carbonyl (C=O) groups is 2. The summed E-state index contributed by atoms with van der Waals surface area (Å²) in [5, 5.41) is 9.28. The van der Waals surface area contributed by atoms with Crippen LogP contribution in [0, 0.1) is 11.3 Å². The molecule has 0 bridgehead atoms. The molecule has 2 aliphatic rings. The molecular formula is C15H26N2O3S. The number of hydrogen-bond acceptors (Lipinski definition) is 3. The van der Waals surface area contributed by atoms with Gasteiger partial charge in [-0.25, -0.2) is 9.59 Å². The Hall–Kier alpha value is -0.910. The predicted molar refractivity (Wildman–Crippen MR) is 84.6 cm³/mol. The third-order valence-corrected chi connectivity index (χ3v) is 5.67. The van der Waals surface area contributed by atoms with Crippen LogP contribution in [0.3, 0.4) is 0 Å². The topological polar surface area (TPSA) is 60.9 Å². The maximum absolute atomic E-state index is 12.6. The molecule has 0 radical (unpaired) electrons. The number of urea groups is 1. The first-order valence-electron chi connectivity index (χ1n) is 7.67. The summed E-state index contributed by atoms with van der Waals surface area (Å²) in [6.45, 7) is 8.78. The van der Waals surface area contributed by atoms with Crippen LogP contribution in [-0.4, -0.2) is 64.1 Å². The maximum Gasteiger partial charge on any atom is 0.327 e. The predicted octanol–water partition coefficient (Wildman–Crippen LogP) is 2.37. The summed E-state index contributed by atoms with van der Waals surface area (Å²) in [7, 11) is 0. The van der Waals surface area contributed by atoms with E-state index in [1.165, 1.54) is 0 Å². The second-order valence-corrected chi connectivity index (χ2v) is 8.18. The second kappa shape index (κ2) is 6.46. The van der Waals surface area contributed by atoms with Gasteiger partial charge in [0.15, 0.2) is 0 Å². The summed E-state index contributed by atoms with van der Waals surface area (Å²) in [6, 6.07) is -0.758. The zero-order valence-electron chi connectivity index (χ0n) is 13.2. The molecule has 2 saturated heterocycles. The van der Waals surface area contributed by atoms with E-state index in [0.29, 0.717) is 18.2 Å². The van der Waals surface area contributed by atoms with E-state index in [2.05, 4.69) is 20.8 Å². The highest BCUT2D eigenvalue weighted by Gasteiger charge is 2.37. The Morgan fingerprint density at radius 1 is 1.14 bits per heavy atom. The van der Waals surface area contributed by atoms with Crippen LogP contribution in [0.15, 0.2) is 0 Å². The maximum atomic E-state index is 12.6. The van der Waals surface area contributed by atoms with E-state index < -0.39 is 12.0 Å². The highest BCUT2D eigenvalue weighted by Crippen LogP contribution is 2.34. The van der Waals surface area contributed by atoms with Gasteiger partial charge in [-0.2, -0.15) is 11.8 Å². The monoisotopic (exact) mass is 314 g/mol. The summed E-state index contributed by atoms with van der Waals surface area (Å²) < 4.78 is 0. The van der Waals surface area contributed by atoms with E-state index in [1.54, 1.807) is 16.7 Å². The number of piperidine rings is 1. The fraction of sp³-hybridized carbons (Fsp3) is 0.867. The van der Waals surface area contributed by atoms with Crippen LogP contribution in [-0.2, 0) is 4.79 Å². The van der Waals surface area contributed by atoms with Gasteiger partial charge < -0.3 is 14.9 Å². The molecule has 1 N–H and O–H groups in total. The fourth-order valence-corrected chi connectivity index (χ4v) is 4.19. The Kier molecular flexibility index (Phi) is 5.07. The Bertz CT molecular complexity index is 400. The van der Waals surface area contributed by atoms with Crippen molar-refractivity contribution in [3.05, 3.63) is 0 Å². The minimum Gasteiger partial charge on any atom is -0.480 e. The number of carbonyl (C=O) groups excluding carboxylic acids is 1. The number of likely N-dealkylation sites (tertiary alicyclic amines) is 1. The van der Waals surface area contributed by atoms with Crippen LogP contribution in [0.4, 0.5) is 4.79 Å². The Morgan fingerprint density at radius 3 is 2.29 bits per heavy atom. The van der Waals surface area contributed by atoms with Crippen LogP contribution < -0.4 is 0 Å². The van der Waals surface area contributed by atoms with Crippen molar-refractivity contribution in [2.75, 3.05) is 31.1 Å². The van der Waals surface area contributed by atoms with Gasteiger partial charge in [0.25, 0.3) is 0 Å². The van der Waals surface area contributed by atoms with E-state index in [9.17, 15) is 14.7 Å². The molecule has 0 aromatic carbocycles. The van der Waals surface area contributed by atoms with Crippen molar-refractivity contribution < 1.29 is 14.7 Å². The van der Waals surface area contributed by atoms with Gasteiger partial charge in [0.2, 0.25) is 0 Å². The lowest BCUT2D eigenvalue weighted by atomic mass is 9.75. The summed E-state index contributed by atoms with van der Waals surface area (Å²) in [4.78, 5) is 27.3. The molecule has 5 nitrogen and oxygen atoms in total. The first kappa shape index (κ1) is 16.5. The number of amides is 2. The molecule has 0 spiro atoms. The molecule has 2 heterocycles. The van der Waals surface area contributed by atoms with Crippen LogP contribution >= 0.6 is 11.8 Å². The van der Waals surface area contributed by atoms with E-state index in [4.69, 9.17) is 0 Å². The van der Waals surface area contributed by atoms with Crippen LogP contribution in [0.5, 0.6) is 0 Å². The first-order valence-corrected chi connectivity index (χ1v) is 8.82. The number of carboxylic acids is 1. The van der Waals surface area contributed by atoms with E-state index >= 15 is 0 Å². The zero-order valence-corrected chi connectivity index (χ0v) is 14.0. The lowest BCUT2D eigenvalue weighted by molar-refractivity contribution is -0.141. The van der Waals surface area contributed by atoms with Gasteiger partial charge >= 0.3 is 12.0 Å². The molecule has 2 rings (SSSR count). The molecule has 0 aromatic heterocycles. The number of thioether (sulfide) groups is 1. The van der Waals surface area contributed by atoms with Crippen LogP contribution in [0.2, 0.25) is 0 Å². The Labute approximate surface area is 131 Å². The van der Waals surface area contributed by atoms with Gasteiger partial charge in [0.1, 0.15) is 6.04 Å². The molecule has 0 aromatic rings. The molecule has 2 amide bonds. The molecule has 1 unspecified atom stereocenters. The highest BCUT2D eigenvalue weighted by molar-refractivity contribution is 7.99. The third-order valence-electron chi connectivity index (χ3n) is 4.65. The van der Waals surface area contributed by atoms with Gasteiger partial charge in [-0.1, -0.05) is 20.8 Å². The summed E-state index contributed by atoms with van der Waals surface area (Å²) in [6.07, 6.45) is 2.02. The number of carboxylic acid groups (broad SMARTS) is 1. The number of hydrogen-bond donors (Lipinski definition) is 1. The normalized spacial score (nSPS) is 25.0. The third kappa shape index (κ3) is 3.84. The summed E-state index contributed by atoms with van der Waals surface area (Å²) in [5.74, 6) is 1.07. The van der Waals surface area contributed by atoms with Crippen molar-refractivity contribution in [3.63, 3.8) is 0 Å². The van der Waals surface area contributed by atoms with Gasteiger partial charge in [-0.15, -0.1) is 0 Å². The average molecular weight is 314 g/mol. The zero-order chi connectivity index (χ0) is 15.6. The fourth-order valence-electron chi connectivity index (χ4n) is 3.16. The van der Waals surface area contributed by atoms with Crippen LogP contribution in [0.1, 0.15) is 33.6 Å². The minimum atomic E-state index is -0.889. The Balaban J connectivity index is 1.96. The van der Waals surface area contributed by atoms with Crippen molar-refractivity contribution in [2.45, 2.75) is 39.7 Å². The van der Waals surface area contributed by atoms with Crippen molar-refractivity contribution in [1.29, 1.82) is 0 Å². The molecule has 120 valence electrons. The van der Waals surface area contributed by atoms with Gasteiger partial charge in [-0.3, -0.25) is 0 Å². The highest BCUT2D eigenvalue weighted by atomic mass is 32.2. The quantitative estimate of drug-likeness (QED) is 0.807. The molecule has 6 heteroatoms. The van der Waals surface area contributed by atoms with Crippen molar-refractivity contribution in [2.24, 2.45) is 11.3 Å². The van der Waals surface area contributed by atoms with Crippen molar-refractivity contribution >= 4 is 23.8 Å². The van der Waals surface area contributed by atoms with Gasteiger partial charge in [-0.05, 0) is 24.2 Å². The average Bonchev–Trinajstić information content (AvgIpc) is 2.45. The van der Waals surface area contributed by atoms with E-state index in [1.807, 2.05) is 4.90 Å². The number of aliphatic carboxylic acids is 1. The van der Waals surface area contributed by atoms with Crippen molar-refractivity contribution in [3.8, 4) is 0 Å². The number of nitrogens with zero attached hydrogens (tertiary/aromatic N) is 2. The first-order chi connectivity index (χ1) is 9.80. The lowest BCUT2D eigenvalue weighted by Crippen LogP contribution is -2.56. The van der Waals surface area contributed by atoms with Crippen LogP contribution in [0.25, 0.3) is 0 Å². The molecule has 0 saturated carbocycles. The molecule has 2 fully saturated rings. The van der Waals surface area contributed by atoms with Crippen molar-refractivity contribution in [1.82, 2.24) is 9.80 Å². The second-order valence-electron chi connectivity index (χ2n) is 7.03.